The van der Waals surface area contributed by atoms with Crippen molar-refractivity contribution in [3.05, 3.63) is 35.4 Å². The van der Waals surface area contributed by atoms with Crippen molar-refractivity contribution in [2.45, 2.75) is 51.7 Å². The van der Waals surface area contributed by atoms with Gasteiger partial charge in [-0.3, -0.25) is 0 Å². The molecule has 1 aliphatic carbocycles. The molecule has 0 amide bonds. The van der Waals surface area contributed by atoms with Gasteiger partial charge in [-0.1, -0.05) is 56.9 Å². The number of ether oxygens (including phenoxy) is 2. The summed E-state index contributed by atoms with van der Waals surface area (Å²) in [5.41, 5.74) is 2.66. The highest BCUT2D eigenvalue weighted by Crippen LogP contribution is 2.34. The molecule has 2 unspecified atom stereocenters. The number of rotatable bonds is 4. The van der Waals surface area contributed by atoms with Crippen LogP contribution < -0.4 is 0 Å². The van der Waals surface area contributed by atoms with E-state index in [-0.39, 0.29) is 6.29 Å². The third kappa shape index (κ3) is 3.24. The minimum Gasteiger partial charge on any atom is -0.346 e. The molecule has 1 saturated carbocycles. The zero-order chi connectivity index (χ0) is 13.8. The van der Waals surface area contributed by atoms with Gasteiger partial charge in [0.2, 0.25) is 0 Å². The maximum absolute atomic E-state index is 5.67. The van der Waals surface area contributed by atoms with Crippen LogP contribution in [0.5, 0.6) is 0 Å². The molecule has 0 N–H and O–H groups in total. The first kappa shape index (κ1) is 14.1. The van der Waals surface area contributed by atoms with Gasteiger partial charge in [-0.05, 0) is 30.2 Å². The molecule has 1 heterocycles. The van der Waals surface area contributed by atoms with Crippen LogP contribution in [-0.4, -0.2) is 13.2 Å². The SMILES string of the molecule is CC1CCCCC1CCc1ccccc1C1OCCO1. The second-order valence-electron chi connectivity index (χ2n) is 6.33. The second kappa shape index (κ2) is 6.73. The summed E-state index contributed by atoms with van der Waals surface area (Å²) >= 11 is 0. The van der Waals surface area contributed by atoms with Crippen molar-refractivity contribution in [1.82, 2.24) is 0 Å². The molecule has 20 heavy (non-hydrogen) atoms. The summed E-state index contributed by atoms with van der Waals surface area (Å²) in [7, 11) is 0. The summed E-state index contributed by atoms with van der Waals surface area (Å²) in [6, 6.07) is 8.63. The van der Waals surface area contributed by atoms with Crippen LogP contribution in [0.4, 0.5) is 0 Å². The predicted molar refractivity (Wildman–Crippen MR) is 80.5 cm³/mol. The first-order valence-electron chi connectivity index (χ1n) is 8.15. The lowest BCUT2D eigenvalue weighted by atomic mass is 9.77. The van der Waals surface area contributed by atoms with Gasteiger partial charge in [0.25, 0.3) is 0 Å². The minimum atomic E-state index is -0.130. The number of hydrogen-bond acceptors (Lipinski definition) is 2. The Morgan fingerprint density at radius 3 is 2.60 bits per heavy atom. The third-order valence-corrected chi connectivity index (χ3v) is 5.00. The summed E-state index contributed by atoms with van der Waals surface area (Å²) in [4.78, 5) is 0. The van der Waals surface area contributed by atoms with E-state index in [0.29, 0.717) is 0 Å². The van der Waals surface area contributed by atoms with Gasteiger partial charge >= 0.3 is 0 Å². The minimum absolute atomic E-state index is 0.130. The molecule has 1 aliphatic heterocycles. The van der Waals surface area contributed by atoms with Crippen molar-refractivity contribution in [1.29, 1.82) is 0 Å². The highest BCUT2D eigenvalue weighted by atomic mass is 16.7. The van der Waals surface area contributed by atoms with E-state index in [9.17, 15) is 0 Å². The van der Waals surface area contributed by atoms with Crippen molar-refractivity contribution in [3.63, 3.8) is 0 Å². The summed E-state index contributed by atoms with van der Waals surface area (Å²) < 4.78 is 11.3. The van der Waals surface area contributed by atoms with E-state index in [0.717, 1.165) is 31.5 Å². The molecule has 0 radical (unpaired) electrons. The van der Waals surface area contributed by atoms with Crippen molar-refractivity contribution < 1.29 is 9.47 Å². The fourth-order valence-corrected chi connectivity index (χ4v) is 3.69. The van der Waals surface area contributed by atoms with Crippen LogP contribution in [0.15, 0.2) is 24.3 Å². The maximum atomic E-state index is 5.67. The van der Waals surface area contributed by atoms with Gasteiger partial charge in [0.15, 0.2) is 6.29 Å². The third-order valence-electron chi connectivity index (χ3n) is 5.00. The van der Waals surface area contributed by atoms with Crippen LogP contribution in [-0.2, 0) is 15.9 Å². The smallest absolute Gasteiger partial charge is 0.184 e. The van der Waals surface area contributed by atoms with Crippen LogP contribution in [0.3, 0.4) is 0 Å². The topological polar surface area (TPSA) is 18.5 Å². The molecule has 110 valence electrons. The van der Waals surface area contributed by atoms with Crippen molar-refractivity contribution >= 4 is 0 Å². The molecule has 1 aromatic rings. The molecule has 0 aromatic heterocycles. The standard InChI is InChI=1S/C18H26O2/c1-14-6-2-3-7-15(14)10-11-16-8-4-5-9-17(16)18-19-12-13-20-18/h4-5,8-9,14-15,18H,2-3,6-7,10-13H2,1H3. The molecule has 1 saturated heterocycles. The monoisotopic (exact) mass is 274 g/mol. The predicted octanol–water partition coefficient (Wildman–Crippen LogP) is 4.49. The Balaban J connectivity index is 1.64. The zero-order valence-corrected chi connectivity index (χ0v) is 12.5. The van der Waals surface area contributed by atoms with E-state index in [1.54, 1.807) is 0 Å². The molecule has 3 rings (SSSR count). The number of hydrogen-bond donors (Lipinski definition) is 0. The van der Waals surface area contributed by atoms with Gasteiger partial charge in [-0.25, -0.2) is 0 Å². The molecule has 0 bridgehead atoms. The van der Waals surface area contributed by atoms with E-state index in [1.165, 1.54) is 43.2 Å². The Bertz CT molecular complexity index is 423. The summed E-state index contributed by atoms with van der Waals surface area (Å²) in [6.45, 7) is 3.87. The van der Waals surface area contributed by atoms with Crippen LogP contribution >= 0.6 is 0 Å². The molecule has 2 fully saturated rings. The lowest BCUT2D eigenvalue weighted by Crippen LogP contribution is -2.17. The zero-order valence-electron chi connectivity index (χ0n) is 12.5. The highest BCUT2D eigenvalue weighted by Gasteiger charge is 2.23. The molecular weight excluding hydrogens is 248 g/mol. The molecule has 2 atom stereocenters. The quantitative estimate of drug-likeness (QED) is 0.805. The lowest BCUT2D eigenvalue weighted by Gasteiger charge is -2.29. The Morgan fingerprint density at radius 2 is 1.80 bits per heavy atom. The first-order valence-corrected chi connectivity index (χ1v) is 8.15. The summed E-state index contributed by atoms with van der Waals surface area (Å²) in [5, 5.41) is 0. The van der Waals surface area contributed by atoms with Crippen LogP contribution in [0.1, 0.15) is 56.4 Å². The average Bonchev–Trinajstić information content (AvgIpc) is 3.01. The Labute approximate surface area is 122 Å². The van der Waals surface area contributed by atoms with E-state index in [4.69, 9.17) is 9.47 Å². The first-order chi connectivity index (χ1) is 9.84. The normalized spacial score (nSPS) is 27.9. The molecule has 2 aliphatic rings. The van der Waals surface area contributed by atoms with Crippen molar-refractivity contribution in [2.75, 3.05) is 13.2 Å². The average molecular weight is 274 g/mol. The molecule has 2 heteroatoms. The van der Waals surface area contributed by atoms with Gasteiger partial charge in [-0.15, -0.1) is 0 Å². The fourth-order valence-electron chi connectivity index (χ4n) is 3.69. The summed E-state index contributed by atoms with van der Waals surface area (Å²) in [5.74, 6) is 1.80. The lowest BCUT2D eigenvalue weighted by molar-refractivity contribution is -0.0447. The van der Waals surface area contributed by atoms with Crippen molar-refractivity contribution in [2.24, 2.45) is 11.8 Å². The Hall–Kier alpha value is -0.860. The van der Waals surface area contributed by atoms with E-state index in [1.807, 2.05) is 0 Å². The van der Waals surface area contributed by atoms with Gasteiger partial charge in [0.05, 0.1) is 13.2 Å². The van der Waals surface area contributed by atoms with Crippen molar-refractivity contribution in [3.8, 4) is 0 Å². The molecular formula is C18H26O2. The molecule has 2 nitrogen and oxygen atoms in total. The Kier molecular flexibility index (Phi) is 4.74. The summed E-state index contributed by atoms with van der Waals surface area (Å²) in [6.07, 6.45) is 8.03. The highest BCUT2D eigenvalue weighted by molar-refractivity contribution is 5.28. The van der Waals surface area contributed by atoms with Crippen LogP contribution in [0.2, 0.25) is 0 Å². The Morgan fingerprint density at radius 1 is 1.05 bits per heavy atom. The maximum Gasteiger partial charge on any atom is 0.184 e. The van der Waals surface area contributed by atoms with Gasteiger partial charge < -0.3 is 9.47 Å². The molecule has 1 aromatic carbocycles. The largest absolute Gasteiger partial charge is 0.346 e. The van der Waals surface area contributed by atoms with Gasteiger partial charge in [0.1, 0.15) is 0 Å². The fraction of sp³-hybridized carbons (Fsp3) is 0.667. The van der Waals surface area contributed by atoms with E-state index < -0.39 is 0 Å². The van der Waals surface area contributed by atoms with E-state index in [2.05, 4.69) is 31.2 Å². The van der Waals surface area contributed by atoms with E-state index >= 15 is 0 Å². The number of benzene rings is 1. The van der Waals surface area contributed by atoms with Crippen LogP contribution in [0, 0.1) is 11.8 Å². The molecule has 0 spiro atoms. The number of aryl methyl sites for hydroxylation is 1. The van der Waals surface area contributed by atoms with Gasteiger partial charge in [0, 0.05) is 5.56 Å². The van der Waals surface area contributed by atoms with Gasteiger partial charge in [-0.2, -0.15) is 0 Å². The van der Waals surface area contributed by atoms with Crippen LogP contribution in [0.25, 0.3) is 0 Å². The second-order valence-corrected chi connectivity index (χ2v) is 6.33.